The zero-order valence-corrected chi connectivity index (χ0v) is 20.1. The van der Waals surface area contributed by atoms with E-state index < -0.39 is 21.8 Å². The van der Waals surface area contributed by atoms with Gasteiger partial charge in [0.25, 0.3) is 5.91 Å². The highest BCUT2D eigenvalue weighted by atomic mass is 127. The maximum absolute atomic E-state index is 12.6. The highest BCUT2D eigenvalue weighted by Gasteiger charge is 2.35. The number of carbonyl (C=O) groups is 2. The van der Waals surface area contributed by atoms with Gasteiger partial charge in [0.2, 0.25) is 3.79 Å². The van der Waals surface area contributed by atoms with Crippen molar-refractivity contribution >= 4 is 92.3 Å². The number of hydrogen-bond donors (Lipinski definition) is 3. The first-order valence-corrected chi connectivity index (χ1v) is 10.7. The molecule has 29 heavy (non-hydrogen) atoms. The molecule has 0 spiro atoms. The van der Waals surface area contributed by atoms with Crippen LogP contribution >= 0.6 is 69.6 Å². The van der Waals surface area contributed by atoms with E-state index in [1.165, 1.54) is 6.92 Å². The summed E-state index contributed by atoms with van der Waals surface area (Å²) in [6.07, 6.45) is -1.10. The number of amides is 1. The van der Waals surface area contributed by atoms with Crippen molar-refractivity contribution in [2.75, 3.05) is 5.32 Å². The standard InChI is InChI=1S/C18H15Cl3IN3O3S/c1-10(26)28-12-8-6-11(7-9-12)23-17(29)25-16(18(19,20)21)24-15(27)13-4-2-3-5-14(13)22/h2-9,16H,1H3,(H,24,27)(H2,23,25,29)/t16-/m0/s1. The van der Waals surface area contributed by atoms with Gasteiger partial charge in [0.1, 0.15) is 11.9 Å². The van der Waals surface area contributed by atoms with E-state index in [1.54, 1.807) is 42.5 Å². The van der Waals surface area contributed by atoms with Crippen LogP contribution in [0.15, 0.2) is 48.5 Å². The molecule has 2 rings (SSSR count). The topological polar surface area (TPSA) is 79.5 Å². The molecule has 6 nitrogen and oxygen atoms in total. The average Bonchev–Trinajstić information content (AvgIpc) is 2.62. The summed E-state index contributed by atoms with van der Waals surface area (Å²) >= 11 is 25.3. The Morgan fingerprint density at radius 3 is 2.24 bits per heavy atom. The van der Waals surface area contributed by atoms with Crippen molar-refractivity contribution in [3.63, 3.8) is 0 Å². The second-order valence-electron chi connectivity index (χ2n) is 5.64. The fourth-order valence-corrected chi connectivity index (χ4v) is 3.32. The SMILES string of the molecule is CC(=O)Oc1ccc(NC(=S)N[C@H](NC(=O)c2ccccc2I)C(Cl)(Cl)Cl)cc1. The molecule has 2 aromatic carbocycles. The molecule has 0 aliphatic heterocycles. The lowest BCUT2D eigenvalue weighted by atomic mass is 10.2. The van der Waals surface area contributed by atoms with Crippen LogP contribution in [0.4, 0.5) is 5.69 Å². The van der Waals surface area contributed by atoms with Crippen LogP contribution in [0.1, 0.15) is 17.3 Å². The molecule has 0 radical (unpaired) electrons. The molecule has 1 atom stereocenters. The number of esters is 1. The van der Waals surface area contributed by atoms with E-state index in [-0.39, 0.29) is 5.11 Å². The molecule has 154 valence electrons. The van der Waals surface area contributed by atoms with Crippen molar-refractivity contribution in [1.82, 2.24) is 10.6 Å². The van der Waals surface area contributed by atoms with Crippen molar-refractivity contribution in [2.45, 2.75) is 16.9 Å². The molecule has 0 fully saturated rings. The van der Waals surface area contributed by atoms with Crippen molar-refractivity contribution in [2.24, 2.45) is 0 Å². The second-order valence-corrected chi connectivity index (χ2v) is 9.58. The Labute approximate surface area is 201 Å². The maximum Gasteiger partial charge on any atom is 0.308 e. The lowest BCUT2D eigenvalue weighted by Gasteiger charge is -2.28. The zero-order valence-electron chi connectivity index (χ0n) is 14.8. The number of rotatable bonds is 5. The minimum absolute atomic E-state index is 0.115. The number of halogens is 4. The van der Waals surface area contributed by atoms with Gasteiger partial charge in [-0.05, 0) is 71.2 Å². The number of thiocarbonyl (C=S) groups is 1. The maximum atomic E-state index is 12.6. The third-order valence-corrected chi connectivity index (χ3v) is 5.19. The summed E-state index contributed by atoms with van der Waals surface area (Å²) in [4.78, 5) is 23.5. The summed E-state index contributed by atoms with van der Waals surface area (Å²) in [7, 11) is 0. The van der Waals surface area contributed by atoms with Gasteiger partial charge in [0.15, 0.2) is 5.11 Å². The van der Waals surface area contributed by atoms with E-state index in [9.17, 15) is 9.59 Å². The van der Waals surface area contributed by atoms with Crippen molar-refractivity contribution in [3.8, 4) is 5.75 Å². The Balaban J connectivity index is 2.04. The normalized spacial score (nSPS) is 11.9. The van der Waals surface area contributed by atoms with E-state index in [0.717, 1.165) is 3.57 Å². The number of benzene rings is 2. The lowest BCUT2D eigenvalue weighted by Crippen LogP contribution is -2.56. The van der Waals surface area contributed by atoms with Crippen LogP contribution in [0.25, 0.3) is 0 Å². The van der Waals surface area contributed by atoms with E-state index in [2.05, 4.69) is 16.0 Å². The quantitative estimate of drug-likeness (QED) is 0.119. The van der Waals surface area contributed by atoms with Crippen LogP contribution in [0.3, 0.4) is 0 Å². The smallest absolute Gasteiger partial charge is 0.308 e. The molecule has 0 aromatic heterocycles. The van der Waals surface area contributed by atoms with E-state index in [0.29, 0.717) is 17.0 Å². The Kier molecular flexibility index (Phi) is 8.77. The van der Waals surface area contributed by atoms with Gasteiger partial charge in [-0.15, -0.1) is 0 Å². The molecule has 0 aliphatic rings. The van der Waals surface area contributed by atoms with Gasteiger partial charge in [0.05, 0.1) is 5.56 Å². The summed E-state index contributed by atoms with van der Waals surface area (Å²) in [5.41, 5.74) is 1.04. The third-order valence-electron chi connectivity index (χ3n) is 3.37. The molecule has 0 unspecified atom stereocenters. The number of nitrogens with one attached hydrogen (secondary N) is 3. The molecule has 0 heterocycles. The predicted molar refractivity (Wildman–Crippen MR) is 128 cm³/mol. The number of ether oxygens (including phenoxy) is 1. The Hall–Kier alpha value is -1.33. The summed E-state index contributed by atoms with van der Waals surface area (Å²) < 4.78 is 3.84. The van der Waals surface area contributed by atoms with Crippen LogP contribution in [-0.2, 0) is 4.79 Å². The van der Waals surface area contributed by atoms with Gasteiger partial charge in [-0.25, -0.2) is 0 Å². The van der Waals surface area contributed by atoms with Crippen LogP contribution in [0.5, 0.6) is 5.75 Å². The fraction of sp³-hybridized carbons (Fsp3) is 0.167. The third kappa shape index (κ3) is 7.78. The van der Waals surface area contributed by atoms with E-state index in [4.69, 9.17) is 51.8 Å². The Morgan fingerprint density at radius 1 is 1.07 bits per heavy atom. The first-order valence-electron chi connectivity index (χ1n) is 8.04. The van der Waals surface area contributed by atoms with Crippen LogP contribution in [0.2, 0.25) is 0 Å². The minimum Gasteiger partial charge on any atom is -0.427 e. The number of carbonyl (C=O) groups excluding carboxylic acids is 2. The van der Waals surface area contributed by atoms with Gasteiger partial charge >= 0.3 is 5.97 Å². The molecule has 0 saturated carbocycles. The van der Waals surface area contributed by atoms with Crippen molar-refractivity contribution < 1.29 is 14.3 Å². The van der Waals surface area contributed by atoms with Gasteiger partial charge < -0.3 is 20.7 Å². The van der Waals surface area contributed by atoms with Crippen LogP contribution in [0, 0.1) is 3.57 Å². The molecular formula is C18H15Cl3IN3O3S. The zero-order chi connectivity index (χ0) is 21.6. The van der Waals surface area contributed by atoms with E-state index >= 15 is 0 Å². The van der Waals surface area contributed by atoms with Gasteiger partial charge in [-0.2, -0.15) is 0 Å². The van der Waals surface area contributed by atoms with Crippen LogP contribution in [-0.4, -0.2) is 26.9 Å². The van der Waals surface area contributed by atoms with Gasteiger partial charge in [-0.1, -0.05) is 46.9 Å². The Morgan fingerprint density at radius 2 is 1.69 bits per heavy atom. The molecular weight excluding hydrogens is 572 g/mol. The molecule has 2 aromatic rings. The first kappa shape index (κ1) is 23.9. The number of hydrogen-bond acceptors (Lipinski definition) is 4. The highest BCUT2D eigenvalue weighted by molar-refractivity contribution is 14.1. The van der Waals surface area contributed by atoms with Gasteiger partial charge in [-0.3, -0.25) is 9.59 Å². The molecule has 11 heteroatoms. The van der Waals surface area contributed by atoms with Crippen LogP contribution < -0.4 is 20.7 Å². The molecule has 0 aliphatic carbocycles. The summed E-state index contributed by atoms with van der Waals surface area (Å²) in [5, 5.41) is 8.42. The van der Waals surface area contributed by atoms with Gasteiger partial charge in [0, 0.05) is 16.2 Å². The summed E-state index contributed by atoms with van der Waals surface area (Å²) in [5.74, 6) is -0.449. The predicted octanol–water partition coefficient (Wildman–Crippen LogP) is 4.63. The monoisotopic (exact) mass is 585 g/mol. The molecule has 3 N–H and O–H groups in total. The largest absolute Gasteiger partial charge is 0.427 e. The van der Waals surface area contributed by atoms with E-state index in [1.807, 2.05) is 28.7 Å². The number of alkyl halides is 3. The summed E-state index contributed by atoms with van der Waals surface area (Å²) in [6.45, 7) is 1.31. The highest BCUT2D eigenvalue weighted by Crippen LogP contribution is 2.29. The average molecular weight is 587 g/mol. The molecule has 0 saturated heterocycles. The fourth-order valence-electron chi connectivity index (χ4n) is 2.12. The lowest BCUT2D eigenvalue weighted by molar-refractivity contribution is -0.131. The van der Waals surface area contributed by atoms with Crippen molar-refractivity contribution in [1.29, 1.82) is 0 Å². The molecule has 0 bridgehead atoms. The first-order chi connectivity index (χ1) is 13.6. The second kappa shape index (κ2) is 10.6. The number of anilines is 1. The summed E-state index contributed by atoms with van der Waals surface area (Å²) in [6, 6.07) is 13.5. The molecule has 1 amide bonds. The Bertz CT molecular complexity index is 907. The van der Waals surface area contributed by atoms with Crippen molar-refractivity contribution in [3.05, 3.63) is 57.7 Å². The minimum atomic E-state index is -1.87.